The van der Waals surface area contributed by atoms with Gasteiger partial charge in [-0.25, -0.2) is 19.6 Å². The van der Waals surface area contributed by atoms with Gasteiger partial charge in [0.1, 0.15) is 11.6 Å². The molecular formula is C14H14Cl2N4O4. The lowest BCUT2D eigenvalue weighted by atomic mass is 10.5. The van der Waals surface area contributed by atoms with Crippen LogP contribution in [-0.2, 0) is 9.59 Å². The van der Waals surface area contributed by atoms with Crippen LogP contribution in [0.1, 0.15) is 0 Å². The van der Waals surface area contributed by atoms with Gasteiger partial charge in [0.25, 0.3) is 0 Å². The van der Waals surface area contributed by atoms with Crippen molar-refractivity contribution in [2.75, 3.05) is 11.5 Å². The summed E-state index contributed by atoms with van der Waals surface area (Å²) in [5.41, 5.74) is 10.5. The first-order chi connectivity index (χ1) is 11.2. The van der Waals surface area contributed by atoms with Crippen LogP contribution in [-0.4, -0.2) is 32.1 Å². The zero-order valence-corrected chi connectivity index (χ0v) is 13.6. The van der Waals surface area contributed by atoms with Crippen LogP contribution in [0.5, 0.6) is 0 Å². The van der Waals surface area contributed by atoms with Gasteiger partial charge in [0, 0.05) is 24.5 Å². The highest BCUT2D eigenvalue weighted by atomic mass is 35.5. The van der Waals surface area contributed by atoms with Gasteiger partial charge in [-0.1, -0.05) is 23.2 Å². The Morgan fingerprint density at radius 3 is 1.33 bits per heavy atom. The molecule has 10 heteroatoms. The van der Waals surface area contributed by atoms with Crippen LogP contribution in [0.3, 0.4) is 0 Å². The van der Waals surface area contributed by atoms with Crippen LogP contribution in [0.2, 0.25) is 10.0 Å². The number of anilines is 2. The van der Waals surface area contributed by atoms with E-state index in [1.807, 2.05) is 0 Å². The lowest BCUT2D eigenvalue weighted by Gasteiger charge is -1.87. The summed E-state index contributed by atoms with van der Waals surface area (Å²) in [7, 11) is 0. The maximum atomic E-state index is 9.55. The molecule has 0 amide bonds. The van der Waals surface area contributed by atoms with Crippen LogP contribution in [0, 0.1) is 0 Å². The molecule has 2 rings (SSSR count). The van der Waals surface area contributed by atoms with Gasteiger partial charge in [-0.05, 0) is 24.3 Å². The molecule has 2 aromatic rings. The van der Waals surface area contributed by atoms with Gasteiger partial charge in [-0.2, -0.15) is 0 Å². The predicted octanol–water partition coefficient (Wildman–Crippen LogP) is 2.35. The lowest BCUT2D eigenvalue weighted by Crippen LogP contribution is -1.91. The van der Waals surface area contributed by atoms with E-state index in [0.29, 0.717) is 33.8 Å². The summed E-state index contributed by atoms with van der Waals surface area (Å²) >= 11 is 11.0. The highest BCUT2D eigenvalue weighted by molar-refractivity contribution is 6.30. The molecule has 0 aliphatic rings. The Balaban J connectivity index is 0.000000331. The Labute approximate surface area is 147 Å². The van der Waals surface area contributed by atoms with Gasteiger partial charge < -0.3 is 21.7 Å². The fourth-order valence-corrected chi connectivity index (χ4v) is 1.14. The number of aliphatic carboxylic acids is 2. The molecule has 0 fully saturated rings. The summed E-state index contributed by atoms with van der Waals surface area (Å²) in [5, 5.41) is 16.8. The number of carbonyl (C=O) groups is 2. The number of carboxylic acids is 2. The van der Waals surface area contributed by atoms with Gasteiger partial charge in [0.05, 0.1) is 10.0 Å². The third kappa shape index (κ3) is 12.9. The van der Waals surface area contributed by atoms with Crippen molar-refractivity contribution in [2.24, 2.45) is 0 Å². The molecule has 6 N–H and O–H groups in total. The third-order valence-electron chi connectivity index (χ3n) is 1.87. The van der Waals surface area contributed by atoms with Crippen LogP contribution in [0.4, 0.5) is 11.6 Å². The Morgan fingerprint density at radius 1 is 0.833 bits per heavy atom. The first kappa shape index (κ1) is 21.2. The van der Waals surface area contributed by atoms with Gasteiger partial charge in [0.15, 0.2) is 0 Å². The summed E-state index contributed by atoms with van der Waals surface area (Å²) in [6.45, 7) is 0. The lowest BCUT2D eigenvalue weighted by molar-refractivity contribution is -0.134. The van der Waals surface area contributed by atoms with E-state index < -0.39 is 11.9 Å². The number of carboxylic acid groups (broad SMARTS) is 2. The fourth-order valence-electron chi connectivity index (χ4n) is 0.917. The molecular weight excluding hydrogens is 359 g/mol. The summed E-state index contributed by atoms with van der Waals surface area (Å²) in [5.74, 6) is -1.52. The van der Waals surface area contributed by atoms with Crippen molar-refractivity contribution in [1.29, 1.82) is 0 Å². The van der Waals surface area contributed by atoms with Crippen LogP contribution < -0.4 is 11.5 Å². The second-order valence-corrected chi connectivity index (χ2v) is 4.69. The van der Waals surface area contributed by atoms with E-state index >= 15 is 0 Å². The first-order valence-corrected chi connectivity index (χ1v) is 6.84. The summed E-state index contributed by atoms with van der Waals surface area (Å²) < 4.78 is 0. The Morgan fingerprint density at radius 2 is 1.17 bits per heavy atom. The quantitative estimate of drug-likeness (QED) is 0.585. The smallest absolute Gasteiger partial charge is 0.328 e. The van der Waals surface area contributed by atoms with Gasteiger partial charge in [0.2, 0.25) is 0 Å². The number of hydrogen-bond donors (Lipinski definition) is 4. The minimum absolute atomic E-state index is 0.495. The molecule has 128 valence electrons. The number of aromatic nitrogens is 2. The van der Waals surface area contributed by atoms with Crippen LogP contribution in [0.15, 0.2) is 48.8 Å². The number of pyridine rings is 2. The summed E-state index contributed by atoms with van der Waals surface area (Å²) in [4.78, 5) is 26.6. The maximum Gasteiger partial charge on any atom is 0.328 e. The summed E-state index contributed by atoms with van der Waals surface area (Å²) in [6, 6.07) is 6.71. The molecule has 0 saturated carbocycles. The normalized spacial score (nSPS) is 9.25. The number of rotatable bonds is 2. The first-order valence-electron chi connectivity index (χ1n) is 6.08. The highest BCUT2D eigenvalue weighted by Crippen LogP contribution is 2.06. The molecule has 8 nitrogen and oxygen atoms in total. The van der Waals surface area contributed by atoms with E-state index in [4.69, 9.17) is 44.9 Å². The van der Waals surface area contributed by atoms with Gasteiger partial charge in [-0.15, -0.1) is 0 Å². The Hall–Kier alpha value is -2.84. The molecule has 2 aromatic heterocycles. The number of nitrogens with zero attached hydrogens (tertiary/aromatic N) is 2. The van der Waals surface area contributed by atoms with E-state index in [1.165, 1.54) is 12.4 Å². The maximum absolute atomic E-state index is 9.55. The Bertz CT molecular complexity index is 575. The standard InChI is InChI=1S/2C5H5ClN2.C4H4O4/c2*6-4-1-2-5(7)8-3-4;5-3(6)1-2-4(7)8/h2*1-3H,(H2,7,8);1-2H,(H,5,6)(H,7,8)/b;;2-1+. The zero-order chi connectivity index (χ0) is 18.5. The van der Waals surface area contributed by atoms with Crippen molar-refractivity contribution in [1.82, 2.24) is 9.97 Å². The number of halogens is 2. The molecule has 0 saturated heterocycles. The molecule has 2 heterocycles. The molecule has 0 aliphatic carbocycles. The molecule has 0 bridgehead atoms. The number of hydrogen-bond acceptors (Lipinski definition) is 6. The average Bonchev–Trinajstić information content (AvgIpc) is 2.52. The monoisotopic (exact) mass is 372 g/mol. The zero-order valence-electron chi connectivity index (χ0n) is 12.1. The Kier molecular flexibility index (Phi) is 10.3. The van der Waals surface area contributed by atoms with Crippen molar-refractivity contribution in [3.05, 3.63) is 58.9 Å². The molecule has 24 heavy (non-hydrogen) atoms. The highest BCUT2D eigenvalue weighted by Gasteiger charge is 1.88. The second kappa shape index (κ2) is 11.7. The van der Waals surface area contributed by atoms with Crippen molar-refractivity contribution in [3.63, 3.8) is 0 Å². The third-order valence-corrected chi connectivity index (χ3v) is 2.32. The van der Waals surface area contributed by atoms with E-state index in [-0.39, 0.29) is 0 Å². The van der Waals surface area contributed by atoms with Crippen molar-refractivity contribution >= 4 is 46.8 Å². The SMILES string of the molecule is Nc1ccc(Cl)cn1.Nc1ccc(Cl)cn1.O=C(O)/C=C/C(=O)O. The topological polar surface area (TPSA) is 152 Å². The molecule has 0 unspecified atom stereocenters. The largest absolute Gasteiger partial charge is 0.478 e. The van der Waals surface area contributed by atoms with Crippen molar-refractivity contribution < 1.29 is 19.8 Å². The number of nitrogen functional groups attached to an aromatic ring is 2. The summed E-state index contributed by atoms with van der Waals surface area (Å²) in [6.07, 6.45) is 4.14. The minimum Gasteiger partial charge on any atom is -0.478 e. The average molecular weight is 373 g/mol. The molecule has 0 aliphatic heterocycles. The molecule has 0 aromatic carbocycles. The van der Waals surface area contributed by atoms with Crippen LogP contribution >= 0.6 is 23.2 Å². The van der Waals surface area contributed by atoms with Crippen molar-refractivity contribution in [3.8, 4) is 0 Å². The fraction of sp³-hybridized carbons (Fsp3) is 0. The predicted molar refractivity (Wildman–Crippen MR) is 91.7 cm³/mol. The van der Waals surface area contributed by atoms with Gasteiger partial charge >= 0.3 is 11.9 Å². The molecule has 0 atom stereocenters. The van der Waals surface area contributed by atoms with E-state index in [0.717, 1.165) is 0 Å². The van der Waals surface area contributed by atoms with E-state index in [2.05, 4.69) is 9.97 Å². The van der Waals surface area contributed by atoms with E-state index in [1.54, 1.807) is 24.3 Å². The van der Waals surface area contributed by atoms with Crippen molar-refractivity contribution in [2.45, 2.75) is 0 Å². The van der Waals surface area contributed by atoms with Gasteiger partial charge in [-0.3, -0.25) is 0 Å². The minimum atomic E-state index is -1.26. The van der Waals surface area contributed by atoms with E-state index in [9.17, 15) is 9.59 Å². The molecule has 0 spiro atoms. The molecule has 0 radical (unpaired) electrons. The number of nitrogens with two attached hydrogens (primary N) is 2. The second-order valence-electron chi connectivity index (χ2n) is 3.81. The van der Waals surface area contributed by atoms with Crippen LogP contribution in [0.25, 0.3) is 0 Å².